The molecule has 0 heterocycles. The standard InChI is InChI=1S/C11H13NO2/c1-2-6-10(13)12-11(14)9-7-4-3-5-8-9/h3-5,7-8H,2,6H2,1H3,(H,12,13,14). The van der Waals surface area contributed by atoms with Gasteiger partial charge in [-0.2, -0.15) is 0 Å². The van der Waals surface area contributed by atoms with E-state index in [4.69, 9.17) is 0 Å². The average Bonchev–Trinajstić information content (AvgIpc) is 2.19. The minimum Gasteiger partial charge on any atom is -0.292 e. The smallest absolute Gasteiger partial charge is 0.257 e. The Morgan fingerprint density at radius 3 is 2.43 bits per heavy atom. The highest BCUT2D eigenvalue weighted by molar-refractivity contribution is 6.04. The van der Waals surface area contributed by atoms with Gasteiger partial charge in [0.1, 0.15) is 0 Å². The van der Waals surface area contributed by atoms with Crippen molar-refractivity contribution in [1.82, 2.24) is 5.32 Å². The third kappa shape index (κ3) is 3.01. The molecule has 0 unspecified atom stereocenters. The van der Waals surface area contributed by atoms with Crippen molar-refractivity contribution in [1.29, 1.82) is 0 Å². The molecule has 0 saturated heterocycles. The summed E-state index contributed by atoms with van der Waals surface area (Å²) in [6.45, 7) is 1.90. The van der Waals surface area contributed by atoms with E-state index in [0.29, 0.717) is 12.0 Å². The summed E-state index contributed by atoms with van der Waals surface area (Å²) in [6.07, 6.45) is 1.13. The predicted molar refractivity (Wildman–Crippen MR) is 53.8 cm³/mol. The van der Waals surface area contributed by atoms with Crippen LogP contribution in [0.1, 0.15) is 30.1 Å². The second kappa shape index (κ2) is 5.17. The lowest BCUT2D eigenvalue weighted by Crippen LogP contribution is -2.29. The third-order valence-electron chi connectivity index (χ3n) is 1.77. The van der Waals surface area contributed by atoms with Gasteiger partial charge in [-0.05, 0) is 18.6 Å². The lowest BCUT2D eigenvalue weighted by molar-refractivity contribution is -0.120. The first kappa shape index (κ1) is 10.4. The number of imide groups is 1. The van der Waals surface area contributed by atoms with Crippen LogP contribution in [-0.4, -0.2) is 11.8 Å². The summed E-state index contributed by atoms with van der Waals surface area (Å²) in [7, 11) is 0. The lowest BCUT2D eigenvalue weighted by atomic mass is 10.2. The molecular weight excluding hydrogens is 178 g/mol. The summed E-state index contributed by atoms with van der Waals surface area (Å²) in [5.74, 6) is -0.551. The van der Waals surface area contributed by atoms with Crippen LogP contribution in [-0.2, 0) is 4.79 Å². The first-order chi connectivity index (χ1) is 6.74. The predicted octanol–water partition coefficient (Wildman–Crippen LogP) is 1.74. The molecule has 74 valence electrons. The molecule has 3 nitrogen and oxygen atoms in total. The van der Waals surface area contributed by atoms with Crippen LogP contribution in [0.25, 0.3) is 0 Å². The summed E-state index contributed by atoms with van der Waals surface area (Å²) < 4.78 is 0. The van der Waals surface area contributed by atoms with Gasteiger partial charge in [0.15, 0.2) is 0 Å². The molecule has 14 heavy (non-hydrogen) atoms. The van der Waals surface area contributed by atoms with E-state index >= 15 is 0 Å². The van der Waals surface area contributed by atoms with Gasteiger partial charge in [-0.3, -0.25) is 14.9 Å². The molecule has 1 N–H and O–H groups in total. The summed E-state index contributed by atoms with van der Waals surface area (Å²) in [6, 6.07) is 8.70. The molecule has 1 aromatic carbocycles. The Balaban J connectivity index is 2.55. The molecule has 1 rings (SSSR count). The number of hydrogen-bond donors (Lipinski definition) is 1. The molecule has 0 atom stereocenters. The van der Waals surface area contributed by atoms with E-state index in [1.165, 1.54) is 0 Å². The van der Waals surface area contributed by atoms with Crippen molar-refractivity contribution in [3.8, 4) is 0 Å². The molecule has 0 bridgehead atoms. The van der Waals surface area contributed by atoms with Crippen molar-refractivity contribution in [3.63, 3.8) is 0 Å². The maximum absolute atomic E-state index is 11.4. The van der Waals surface area contributed by atoms with Gasteiger partial charge in [0, 0.05) is 12.0 Å². The maximum Gasteiger partial charge on any atom is 0.257 e. The zero-order chi connectivity index (χ0) is 10.4. The number of carbonyl (C=O) groups is 2. The maximum atomic E-state index is 11.4. The van der Waals surface area contributed by atoms with Crippen molar-refractivity contribution in [3.05, 3.63) is 35.9 Å². The van der Waals surface area contributed by atoms with Crippen LogP contribution >= 0.6 is 0 Å². The Morgan fingerprint density at radius 2 is 1.86 bits per heavy atom. The molecule has 0 saturated carbocycles. The number of rotatable bonds is 3. The Labute approximate surface area is 83.1 Å². The van der Waals surface area contributed by atoms with E-state index in [-0.39, 0.29) is 11.8 Å². The number of hydrogen-bond acceptors (Lipinski definition) is 2. The molecule has 0 aromatic heterocycles. The number of carbonyl (C=O) groups excluding carboxylic acids is 2. The summed E-state index contributed by atoms with van der Waals surface area (Å²) in [4.78, 5) is 22.5. The van der Waals surface area contributed by atoms with E-state index in [9.17, 15) is 9.59 Å². The second-order valence-electron chi connectivity index (χ2n) is 2.99. The minimum atomic E-state index is -0.330. The number of benzene rings is 1. The van der Waals surface area contributed by atoms with Crippen LogP contribution in [0.15, 0.2) is 30.3 Å². The fourth-order valence-electron chi connectivity index (χ4n) is 1.08. The van der Waals surface area contributed by atoms with Gasteiger partial charge in [-0.1, -0.05) is 25.1 Å². The number of amides is 2. The molecule has 1 aromatic rings. The molecule has 3 heteroatoms. The van der Waals surface area contributed by atoms with Crippen molar-refractivity contribution < 1.29 is 9.59 Å². The van der Waals surface area contributed by atoms with Gasteiger partial charge in [-0.25, -0.2) is 0 Å². The molecular formula is C11H13NO2. The van der Waals surface area contributed by atoms with Crippen LogP contribution < -0.4 is 5.32 Å². The van der Waals surface area contributed by atoms with E-state index in [0.717, 1.165) is 6.42 Å². The average molecular weight is 191 g/mol. The third-order valence-corrected chi connectivity index (χ3v) is 1.77. The normalized spacial score (nSPS) is 9.50. The van der Waals surface area contributed by atoms with E-state index in [1.54, 1.807) is 24.3 Å². The fourth-order valence-corrected chi connectivity index (χ4v) is 1.08. The Kier molecular flexibility index (Phi) is 3.85. The zero-order valence-corrected chi connectivity index (χ0v) is 8.12. The van der Waals surface area contributed by atoms with Crippen LogP contribution in [0.4, 0.5) is 0 Å². The van der Waals surface area contributed by atoms with Gasteiger partial charge in [0.2, 0.25) is 5.91 Å². The quantitative estimate of drug-likeness (QED) is 0.791. The van der Waals surface area contributed by atoms with Crippen LogP contribution in [0.3, 0.4) is 0 Å². The Bertz CT molecular complexity index is 319. The van der Waals surface area contributed by atoms with Gasteiger partial charge >= 0.3 is 0 Å². The summed E-state index contributed by atoms with van der Waals surface area (Å²) >= 11 is 0. The van der Waals surface area contributed by atoms with E-state index in [2.05, 4.69) is 5.32 Å². The van der Waals surface area contributed by atoms with Crippen LogP contribution in [0.5, 0.6) is 0 Å². The fraction of sp³-hybridized carbons (Fsp3) is 0.273. The SMILES string of the molecule is CCCC(=O)NC(=O)c1ccccc1. The summed E-state index contributed by atoms with van der Waals surface area (Å²) in [5, 5.41) is 2.32. The largest absolute Gasteiger partial charge is 0.292 e. The first-order valence-corrected chi connectivity index (χ1v) is 4.63. The van der Waals surface area contributed by atoms with Crippen molar-refractivity contribution >= 4 is 11.8 Å². The van der Waals surface area contributed by atoms with Gasteiger partial charge < -0.3 is 0 Å². The Hall–Kier alpha value is -1.64. The molecule has 0 aliphatic rings. The molecule has 0 spiro atoms. The highest BCUT2D eigenvalue weighted by Gasteiger charge is 2.07. The van der Waals surface area contributed by atoms with Crippen LogP contribution in [0, 0.1) is 0 Å². The monoisotopic (exact) mass is 191 g/mol. The molecule has 0 aliphatic carbocycles. The van der Waals surface area contributed by atoms with E-state index in [1.807, 2.05) is 13.0 Å². The highest BCUT2D eigenvalue weighted by atomic mass is 16.2. The second-order valence-corrected chi connectivity index (χ2v) is 2.99. The Morgan fingerprint density at radius 1 is 1.21 bits per heavy atom. The van der Waals surface area contributed by atoms with Gasteiger partial charge in [-0.15, -0.1) is 0 Å². The molecule has 0 fully saturated rings. The topological polar surface area (TPSA) is 46.2 Å². The molecule has 0 radical (unpaired) electrons. The van der Waals surface area contributed by atoms with E-state index < -0.39 is 0 Å². The van der Waals surface area contributed by atoms with Gasteiger partial charge in [0.25, 0.3) is 5.91 Å². The van der Waals surface area contributed by atoms with Crippen LogP contribution in [0.2, 0.25) is 0 Å². The molecule has 2 amide bonds. The van der Waals surface area contributed by atoms with Crippen molar-refractivity contribution in [2.45, 2.75) is 19.8 Å². The van der Waals surface area contributed by atoms with Crippen molar-refractivity contribution in [2.24, 2.45) is 0 Å². The highest BCUT2D eigenvalue weighted by Crippen LogP contribution is 1.98. The van der Waals surface area contributed by atoms with Crippen molar-refractivity contribution in [2.75, 3.05) is 0 Å². The number of nitrogens with one attached hydrogen (secondary N) is 1. The summed E-state index contributed by atoms with van der Waals surface area (Å²) in [5.41, 5.74) is 0.511. The molecule has 0 aliphatic heterocycles. The zero-order valence-electron chi connectivity index (χ0n) is 8.12. The minimum absolute atomic E-state index is 0.221. The first-order valence-electron chi connectivity index (χ1n) is 4.63. The van der Waals surface area contributed by atoms with Gasteiger partial charge in [0.05, 0.1) is 0 Å². The lowest BCUT2D eigenvalue weighted by Gasteiger charge is -2.02.